The molecule has 3 aromatic rings. The molecule has 0 aliphatic carbocycles. The number of benzene rings is 2. The first kappa shape index (κ1) is 20.5. The molecule has 2 aliphatic heterocycles. The second-order valence-electron chi connectivity index (χ2n) is 7.74. The molecular weight excluding hydrogens is 424 g/mol. The monoisotopic (exact) mass is 444 g/mol. The zero-order chi connectivity index (χ0) is 23.1. The molecule has 0 spiro atoms. The minimum absolute atomic E-state index is 0.106. The highest BCUT2D eigenvalue weighted by Gasteiger charge is 2.43. The smallest absolute Gasteiger partial charge is 0.326 e. The number of terminal acetylenes is 1. The van der Waals surface area contributed by atoms with Crippen molar-refractivity contribution in [2.75, 3.05) is 13.4 Å². The Labute approximate surface area is 189 Å². The number of carbonyl (C=O) groups excluding carboxylic acids is 1. The SMILES string of the molecule is C#CCOc1ccc2[nH]c3c(c2c1)C[C@H](C(=O)O)N(C(=O)C=C)[C@H]3c1ccc2c(c1)OCO2. The van der Waals surface area contributed by atoms with Crippen LogP contribution in [0.4, 0.5) is 0 Å². The quantitative estimate of drug-likeness (QED) is 0.464. The largest absolute Gasteiger partial charge is 0.481 e. The van der Waals surface area contributed by atoms with Crippen molar-refractivity contribution in [3.05, 3.63) is 65.9 Å². The van der Waals surface area contributed by atoms with Crippen LogP contribution in [-0.2, 0) is 16.0 Å². The summed E-state index contributed by atoms with van der Waals surface area (Å²) in [6.45, 7) is 3.81. The zero-order valence-electron chi connectivity index (χ0n) is 17.5. The van der Waals surface area contributed by atoms with Gasteiger partial charge in [0.05, 0.1) is 6.04 Å². The lowest BCUT2D eigenvalue weighted by molar-refractivity contribution is -0.150. The number of nitrogens with one attached hydrogen (secondary N) is 1. The zero-order valence-corrected chi connectivity index (χ0v) is 17.5. The van der Waals surface area contributed by atoms with Gasteiger partial charge in [-0.2, -0.15) is 0 Å². The first-order chi connectivity index (χ1) is 16.0. The summed E-state index contributed by atoms with van der Waals surface area (Å²) in [4.78, 5) is 30.0. The molecular formula is C25H20N2O6. The van der Waals surface area contributed by atoms with E-state index >= 15 is 0 Å². The van der Waals surface area contributed by atoms with Gasteiger partial charge in [0, 0.05) is 23.0 Å². The Bertz CT molecular complexity index is 1330. The van der Waals surface area contributed by atoms with Crippen LogP contribution in [0.2, 0.25) is 0 Å². The van der Waals surface area contributed by atoms with Gasteiger partial charge in [0.15, 0.2) is 11.5 Å². The van der Waals surface area contributed by atoms with E-state index in [1.807, 2.05) is 18.2 Å². The maximum Gasteiger partial charge on any atom is 0.326 e. The molecule has 8 nitrogen and oxygen atoms in total. The van der Waals surface area contributed by atoms with Crippen LogP contribution in [0.25, 0.3) is 10.9 Å². The van der Waals surface area contributed by atoms with E-state index in [0.29, 0.717) is 22.8 Å². The lowest BCUT2D eigenvalue weighted by Crippen LogP contribution is -2.51. The number of hydrogen-bond donors (Lipinski definition) is 2. The van der Waals surface area contributed by atoms with E-state index in [-0.39, 0.29) is 19.8 Å². The molecule has 0 unspecified atom stereocenters. The minimum atomic E-state index is -1.10. The van der Waals surface area contributed by atoms with E-state index in [9.17, 15) is 14.7 Å². The van der Waals surface area contributed by atoms with Gasteiger partial charge >= 0.3 is 5.97 Å². The number of aromatic nitrogens is 1. The lowest BCUT2D eigenvalue weighted by Gasteiger charge is -2.40. The Morgan fingerprint density at radius 3 is 2.85 bits per heavy atom. The van der Waals surface area contributed by atoms with Crippen molar-refractivity contribution in [3.8, 4) is 29.6 Å². The van der Waals surface area contributed by atoms with Crippen LogP contribution in [0.5, 0.6) is 17.2 Å². The number of fused-ring (bicyclic) bond motifs is 4. The van der Waals surface area contributed by atoms with Gasteiger partial charge in [-0.3, -0.25) is 4.79 Å². The Morgan fingerprint density at radius 1 is 1.27 bits per heavy atom. The number of nitrogens with zero attached hydrogens (tertiary/aromatic N) is 1. The van der Waals surface area contributed by atoms with Crippen molar-refractivity contribution >= 4 is 22.8 Å². The fourth-order valence-corrected chi connectivity index (χ4v) is 4.53. The predicted octanol–water partition coefficient (Wildman–Crippen LogP) is 3.02. The van der Waals surface area contributed by atoms with Crippen molar-refractivity contribution in [2.24, 2.45) is 0 Å². The van der Waals surface area contributed by atoms with Crippen molar-refractivity contribution < 1.29 is 28.9 Å². The Kier molecular flexibility index (Phi) is 4.94. The van der Waals surface area contributed by atoms with Crippen LogP contribution in [0.1, 0.15) is 22.9 Å². The second-order valence-corrected chi connectivity index (χ2v) is 7.74. The standard InChI is InChI=1S/C25H20N2O6/c1-3-9-31-15-6-7-18-16(11-15)17-12-19(25(29)30)27(22(28)4-2)24(23(17)26-18)14-5-8-20-21(10-14)33-13-32-20/h1,4-8,10-11,19,24,26H,2,9,12-13H2,(H,29,30)/t19-,24+/m1/s1. The predicted molar refractivity (Wildman–Crippen MR) is 119 cm³/mol. The number of carboxylic acid groups (broad SMARTS) is 1. The third-order valence-electron chi connectivity index (χ3n) is 5.94. The highest BCUT2D eigenvalue weighted by atomic mass is 16.7. The topological polar surface area (TPSA) is 101 Å². The molecule has 166 valence electrons. The number of aliphatic carboxylic acids is 1. The minimum Gasteiger partial charge on any atom is -0.481 e. The normalized spacial score (nSPS) is 18.5. The summed E-state index contributed by atoms with van der Waals surface area (Å²) < 4.78 is 16.5. The first-order valence-corrected chi connectivity index (χ1v) is 10.3. The van der Waals surface area contributed by atoms with Crippen LogP contribution in [0, 0.1) is 12.3 Å². The van der Waals surface area contributed by atoms with Crippen LogP contribution >= 0.6 is 0 Å². The van der Waals surface area contributed by atoms with Gasteiger partial charge in [0.2, 0.25) is 12.7 Å². The summed E-state index contributed by atoms with van der Waals surface area (Å²) in [5, 5.41) is 10.9. The first-order valence-electron chi connectivity index (χ1n) is 10.3. The maximum atomic E-state index is 12.9. The average molecular weight is 444 g/mol. The molecule has 3 heterocycles. The number of amides is 1. The molecule has 2 atom stereocenters. The number of carboxylic acids is 1. The number of carbonyl (C=O) groups is 2. The fourth-order valence-electron chi connectivity index (χ4n) is 4.53. The third kappa shape index (κ3) is 3.34. The van der Waals surface area contributed by atoms with E-state index in [1.165, 1.54) is 4.90 Å². The summed E-state index contributed by atoms with van der Waals surface area (Å²) in [6.07, 6.45) is 6.56. The van der Waals surface area contributed by atoms with Crippen LogP contribution in [0.15, 0.2) is 49.1 Å². The van der Waals surface area contributed by atoms with Gasteiger partial charge in [0.25, 0.3) is 0 Å². The third-order valence-corrected chi connectivity index (χ3v) is 5.94. The van der Waals surface area contributed by atoms with Gasteiger partial charge in [-0.1, -0.05) is 18.6 Å². The van der Waals surface area contributed by atoms with Gasteiger partial charge < -0.3 is 29.2 Å². The van der Waals surface area contributed by atoms with Gasteiger partial charge in [-0.25, -0.2) is 4.79 Å². The summed E-state index contributed by atoms with van der Waals surface area (Å²) in [6, 6.07) is 9.03. The number of hydrogen-bond acceptors (Lipinski definition) is 5. The molecule has 0 fully saturated rings. The highest BCUT2D eigenvalue weighted by molar-refractivity contribution is 5.94. The van der Waals surface area contributed by atoms with E-state index in [4.69, 9.17) is 20.6 Å². The summed E-state index contributed by atoms with van der Waals surface area (Å²) >= 11 is 0. The van der Waals surface area contributed by atoms with Crippen LogP contribution < -0.4 is 14.2 Å². The van der Waals surface area contributed by atoms with E-state index in [0.717, 1.165) is 28.2 Å². The number of rotatable bonds is 5. The molecule has 2 N–H and O–H groups in total. The summed E-state index contributed by atoms with van der Waals surface area (Å²) in [5.74, 6) is 2.57. The van der Waals surface area contributed by atoms with E-state index in [1.54, 1.807) is 18.2 Å². The van der Waals surface area contributed by atoms with E-state index in [2.05, 4.69) is 17.5 Å². The molecule has 1 amide bonds. The molecule has 0 radical (unpaired) electrons. The molecule has 1 aromatic heterocycles. The van der Waals surface area contributed by atoms with Crippen LogP contribution in [0.3, 0.4) is 0 Å². The molecule has 0 bridgehead atoms. The lowest BCUT2D eigenvalue weighted by atomic mass is 9.87. The molecule has 2 aromatic carbocycles. The van der Waals surface area contributed by atoms with Crippen molar-refractivity contribution in [1.82, 2.24) is 9.88 Å². The Morgan fingerprint density at radius 2 is 2.09 bits per heavy atom. The highest BCUT2D eigenvalue weighted by Crippen LogP contribution is 2.44. The van der Waals surface area contributed by atoms with Gasteiger partial charge in [-0.05, 0) is 47.5 Å². The summed E-state index contributed by atoms with van der Waals surface area (Å²) in [7, 11) is 0. The van der Waals surface area contributed by atoms with Gasteiger partial charge in [0.1, 0.15) is 18.4 Å². The Hall–Kier alpha value is -4.38. The van der Waals surface area contributed by atoms with Crippen molar-refractivity contribution in [1.29, 1.82) is 0 Å². The van der Waals surface area contributed by atoms with Crippen LogP contribution in [-0.4, -0.2) is 46.3 Å². The van der Waals surface area contributed by atoms with Crippen molar-refractivity contribution in [2.45, 2.75) is 18.5 Å². The van der Waals surface area contributed by atoms with Crippen molar-refractivity contribution in [3.63, 3.8) is 0 Å². The van der Waals surface area contributed by atoms with Gasteiger partial charge in [-0.15, -0.1) is 6.42 Å². The number of ether oxygens (including phenoxy) is 3. The Balaban J connectivity index is 1.72. The molecule has 8 heteroatoms. The fraction of sp³-hybridized carbons (Fsp3) is 0.200. The molecule has 0 saturated heterocycles. The number of H-pyrrole nitrogens is 1. The molecule has 5 rings (SSSR count). The number of aromatic amines is 1. The second kappa shape index (κ2) is 7.95. The maximum absolute atomic E-state index is 12.9. The molecule has 0 saturated carbocycles. The average Bonchev–Trinajstić information content (AvgIpc) is 3.44. The summed E-state index contributed by atoms with van der Waals surface area (Å²) in [5.41, 5.74) is 3.03. The molecule has 33 heavy (non-hydrogen) atoms. The van der Waals surface area contributed by atoms with E-state index < -0.39 is 24.0 Å². The molecule has 2 aliphatic rings.